The quantitative estimate of drug-likeness (QED) is 0.239. The minimum Gasteiger partial charge on any atom is -0.495 e. The Labute approximate surface area is 247 Å². The number of rotatable bonds is 10. The molecule has 4 aromatic rings. The number of nitrogens with zero attached hydrogens (tertiary/aromatic N) is 3. The molecule has 1 atom stereocenters. The van der Waals surface area contributed by atoms with Gasteiger partial charge in [-0.3, -0.25) is 14.2 Å². The number of carboxylic acids is 1. The number of carbonyl (C=O) groups excluding carboxylic acids is 1. The van der Waals surface area contributed by atoms with Gasteiger partial charge in [-0.05, 0) is 75.7 Å². The van der Waals surface area contributed by atoms with Gasteiger partial charge in [-0.25, -0.2) is 4.79 Å². The van der Waals surface area contributed by atoms with Crippen LogP contribution < -0.4 is 15.6 Å². The van der Waals surface area contributed by atoms with E-state index in [1.165, 1.54) is 48.2 Å². The van der Waals surface area contributed by atoms with Gasteiger partial charge >= 0.3 is 5.97 Å². The van der Waals surface area contributed by atoms with E-state index < -0.39 is 29.1 Å². The van der Waals surface area contributed by atoms with Crippen molar-refractivity contribution in [3.63, 3.8) is 0 Å². The predicted molar refractivity (Wildman–Crippen MR) is 157 cm³/mol. The third-order valence-corrected chi connectivity index (χ3v) is 6.49. The lowest BCUT2D eigenvalue weighted by atomic mass is 9.99. The summed E-state index contributed by atoms with van der Waals surface area (Å²) in [6, 6.07) is 11.2. The van der Waals surface area contributed by atoms with Crippen molar-refractivity contribution in [3.8, 4) is 28.3 Å². The number of aromatic carboxylic acids is 1. The molecule has 42 heavy (non-hydrogen) atoms. The minimum atomic E-state index is -1.08. The van der Waals surface area contributed by atoms with E-state index in [0.29, 0.717) is 39.0 Å². The van der Waals surface area contributed by atoms with Crippen LogP contribution in [0.15, 0.2) is 64.0 Å². The first-order valence-corrected chi connectivity index (χ1v) is 13.4. The number of aromatic nitrogens is 3. The summed E-state index contributed by atoms with van der Waals surface area (Å²) in [6.07, 6.45) is 1.64. The second-order valence-electron chi connectivity index (χ2n) is 10.5. The molecule has 0 aliphatic heterocycles. The van der Waals surface area contributed by atoms with Gasteiger partial charge in [0.05, 0.1) is 24.5 Å². The molecule has 0 aliphatic carbocycles. The Morgan fingerprint density at radius 1 is 1.10 bits per heavy atom. The summed E-state index contributed by atoms with van der Waals surface area (Å²) in [5, 5.41) is 16.2. The van der Waals surface area contributed by atoms with Crippen molar-refractivity contribution < 1.29 is 28.7 Å². The van der Waals surface area contributed by atoms with Crippen LogP contribution >= 0.6 is 11.6 Å². The fraction of sp³-hybridized carbons (Fsp3) is 0.300. The van der Waals surface area contributed by atoms with Crippen molar-refractivity contribution >= 4 is 29.2 Å². The van der Waals surface area contributed by atoms with Gasteiger partial charge in [0.2, 0.25) is 5.91 Å². The van der Waals surface area contributed by atoms with Crippen LogP contribution in [-0.2, 0) is 9.53 Å². The number of hydrogen-bond donors (Lipinski definition) is 2. The Morgan fingerprint density at radius 2 is 1.81 bits per heavy atom. The molecule has 1 amide bonds. The van der Waals surface area contributed by atoms with E-state index in [9.17, 15) is 14.4 Å². The maximum atomic E-state index is 13.6. The lowest BCUT2D eigenvalue weighted by Crippen LogP contribution is -2.34. The van der Waals surface area contributed by atoms with E-state index in [0.717, 1.165) is 0 Å². The highest BCUT2D eigenvalue weighted by Crippen LogP contribution is 2.38. The molecule has 2 heterocycles. The van der Waals surface area contributed by atoms with Gasteiger partial charge in [0.1, 0.15) is 11.8 Å². The number of benzene rings is 2. The van der Waals surface area contributed by atoms with Gasteiger partial charge in [0, 0.05) is 40.9 Å². The molecule has 2 aromatic heterocycles. The zero-order valence-electron chi connectivity index (χ0n) is 23.8. The fourth-order valence-electron chi connectivity index (χ4n) is 4.27. The van der Waals surface area contributed by atoms with Crippen LogP contribution in [0, 0.1) is 6.92 Å². The Morgan fingerprint density at radius 3 is 2.40 bits per heavy atom. The van der Waals surface area contributed by atoms with E-state index in [1.54, 1.807) is 25.1 Å². The van der Waals surface area contributed by atoms with Crippen LogP contribution in [0.2, 0.25) is 5.02 Å². The normalized spacial score (nSPS) is 12.1. The third kappa shape index (κ3) is 7.23. The van der Waals surface area contributed by atoms with Crippen molar-refractivity contribution in [2.24, 2.45) is 0 Å². The van der Waals surface area contributed by atoms with E-state index in [1.807, 2.05) is 20.8 Å². The molecule has 0 saturated carbocycles. The number of halogens is 1. The van der Waals surface area contributed by atoms with E-state index in [4.69, 9.17) is 30.7 Å². The van der Waals surface area contributed by atoms with Crippen molar-refractivity contribution in [3.05, 3.63) is 81.5 Å². The summed E-state index contributed by atoms with van der Waals surface area (Å²) in [5.41, 5.74) is 1.02. The molecule has 0 radical (unpaired) electrons. The molecule has 4 rings (SSSR count). The third-order valence-electron chi connectivity index (χ3n) is 6.26. The highest BCUT2D eigenvalue weighted by atomic mass is 35.5. The zero-order chi connectivity index (χ0) is 30.6. The number of anilines is 1. The first kappa shape index (κ1) is 30.5. The first-order valence-electron chi connectivity index (χ1n) is 13.1. The molecular formula is C30H31ClN4O7. The zero-order valence-corrected chi connectivity index (χ0v) is 24.6. The average Bonchev–Trinajstić information content (AvgIpc) is 3.36. The summed E-state index contributed by atoms with van der Waals surface area (Å²) in [7, 11) is 1.45. The maximum Gasteiger partial charge on any atom is 0.335 e. The number of nitrogens with one attached hydrogen (secondary N) is 1. The molecule has 220 valence electrons. The molecular weight excluding hydrogens is 564 g/mol. The number of hydrogen-bond acceptors (Lipinski definition) is 8. The first-order chi connectivity index (χ1) is 19.9. The van der Waals surface area contributed by atoms with E-state index >= 15 is 0 Å². The Bertz CT molecular complexity index is 1660. The lowest BCUT2D eigenvalue weighted by Gasteiger charge is -2.24. The largest absolute Gasteiger partial charge is 0.495 e. The van der Waals surface area contributed by atoms with Crippen molar-refractivity contribution in [2.75, 3.05) is 19.0 Å². The Balaban J connectivity index is 1.76. The van der Waals surface area contributed by atoms with Crippen LogP contribution in [0.3, 0.4) is 0 Å². The number of pyridine rings is 1. The standard InChI is InChI=1S/C30H31ClN4O7/c1-17-32-28(42-34-17)21-11-8-19(31)14-22(21)23-15-26(36)35(16-25(23)40-5)24(12-13-41-30(2,3)4)27(37)33-20-9-6-18(7-10-20)29(38)39/h6-11,14-16,24H,12-13H2,1-5H3,(H,33,37)(H,38,39). The second-order valence-corrected chi connectivity index (χ2v) is 10.9. The Hall–Kier alpha value is -4.48. The summed E-state index contributed by atoms with van der Waals surface area (Å²) in [6.45, 7) is 7.56. The van der Waals surface area contributed by atoms with Gasteiger partial charge in [0.15, 0.2) is 5.82 Å². The summed E-state index contributed by atoms with van der Waals surface area (Å²) >= 11 is 6.33. The van der Waals surface area contributed by atoms with Crippen LogP contribution in [0.4, 0.5) is 5.69 Å². The average molecular weight is 595 g/mol. The van der Waals surface area contributed by atoms with Gasteiger partial charge < -0.3 is 24.4 Å². The minimum absolute atomic E-state index is 0.0794. The Kier molecular flexibility index (Phi) is 9.13. The summed E-state index contributed by atoms with van der Waals surface area (Å²) in [5.74, 6) is -0.582. The molecule has 12 heteroatoms. The molecule has 0 saturated heterocycles. The number of methoxy groups -OCH3 is 1. The topological polar surface area (TPSA) is 146 Å². The highest BCUT2D eigenvalue weighted by molar-refractivity contribution is 6.31. The van der Waals surface area contributed by atoms with Crippen LogP contribution in [0.5, 0.6) is 5.75 Å². The molecule has 0 bridgehead atoms. The summed E-state index contributed by atoms with van der Waals surface area (Å²) in [4.78, 5) is 42.7. The van der Waals surface area contributed by atoms with Gasteiger partial charge in [-0.15, -0.1) is 0 Å². The highest BCUT2D eigenvalue weighted by Gasteiger charge is 2.26. The van der Waals surface area contributed by atoms with Crippen molar-refractivity contribution in [1.29, 1.82) is 0 Å². The number of carbonyl (C=O) groups is 2. The molecule has 2 N–H and O–H groups in total. The van der Waals surface area contributed by atoms with Crippen molar-refractivity contribution in [1.82, 2.24) is 14.7 Å². The molecule has 0 aliphatic rings. The SMILES string of the molecule is COc1cn(C(CCOC(C)(C)C)C(=O)Nc2ccc(C(=O)O)cc2)c(=O)cc1-c1cc(Cl)ccc1-c1nc(C)no1. The molecule has 11 nitrogen and oxygen atoms in total. The molecule has 2 aromatic carbocycles. The smallest absolute Gasteiger partial charge is 0.335 e. The number of aryl methyl sites for hydroxylation is 1. The predicted octanol–water partition coefficient (Wildman–Crippen LogP) is 5.62. The number of amides is 1. The lowest BCUT2D eigenvalue weighted by molar-refractivity contribution is -0.120. The number of carboxylic acid groups (broad SMARTS) is 1. The van der Waals surface area contributed by atoms with Gasteiger partial charge in [0.25, 0.3) is 11.4 Å². The van der Waals surface area contributed by atoms with E-state index in [2.05, 4.69) is 15.5 Å². The fourth-order valence-corrected chi connectivity index (χ4v) is 4.44. The summed E-state index contributed by atoms with van der Waals surface area (Å²) < 4.78 is 18.2. The molecule has 1 unspecified atom stereocenters. The van der Waals surface area contributed by atoms with Crippen LogP contribution in [0.1, 0.15) is 49.4 Å². The molecule has 0 fully saturated rings. The van der Waals surface area contributed by atoms with Crippen molar-refractivity contribution in [2.45, 2.75) is 45.8 Å². The van der Waals surface area contributed by atoms with Crippen LogP contribution in [0.25, 0.3) is 22.6 Å². The number of ether oxygens (including phenoxy) is 2. The maximum absolute atomic E-state index is 13.6. The monoisotopic (exact) mass is 594 g/mol. The second kappa shape index (κ2) is 12.6. The van der Waals surface area contributed by atoms with E-state index in [-0.39, 0.29) is 24.5 Å². The van der Waals surface area contributed by atoms with Crippen LogP contribution in [-0.4, -0.2) is 51.0 Å². The van der Waals surface area contributed by atoms with Gasteiger partial charge in [-0.2, -0.15) is 4.98 Å². The molecule has 0 spiro atoms. The van der Waals surface area contributed by atoms with Gasteiger partial charge in [-0.1, -0.05) is 16.8 Å².